The van der Waals surface area contributed by atoms with Crippen LogP contribution in [0.25, 0.3) is 55.0 Å². The number of benzene rings is 7. The van der Waals surface area contributed by atoms with Gasteiger partial charge in [-0.15, -0.1) is 0 Å². The average Bonchev–Trinajstić information content (AvgIpc) is 3.50. The molecule has 1 unspecified atom stereocenters. The molecule has 0 N–H and O–H groups in total. The van der Waals surface area contributed by atoms with E-state index in [-0.39, 0.29) is 11.5 Å². The van der Waals surface area contributed by atoms with E-state index in [2.05, 4.69) is 199 Å². The Labute approximate surface area is 305 Å². The highest BCUT2D eigenvalue weighted by atomic mass is 15.2. The molecule has 2 nitrogen and oxygen atoms in total. The Kier molecular flexibility index (Phi) is 6.98. The zero-order valence-electron chi connectivity index (χ0n) is 29.5. The molecular formula is C50H38N2. The van der Waals surface area contributed by atoms with E-state index < -0.39 is 0 Å². The summed E-state index contributed by atoms with van der Waals surface area (Å²) < 4.78 is 2.39. The quantitative estimate of drug-likeness (QED) is 0.166. The highest BCUT2D eigenvalue weighted by Crippen LogP contribution is 2.51. The number of para-hydroxylation sites is 2. The van der Waals surface area contributed by atoms with Gasteiger partial charge in [-0.25, -0.2) is 0 Å². The Morgan fingerprint density at radius 3 is 2.21 bits per heavy atom. The Balaban J connectivity index is 1.11. The molecule has 0 aliphatic heterocycles. The van der Waals surface area contributed by atoms with Crippen molar-refractivity contribution in [1.82, 2.24) is 4.57 Å². The van der Waals surface area contributed by atoms with Gasteiger partial charge < -0.3 is 9.47 Å². The molecule has 8 aromatic rings. The Morgan fingerprint density at radius 1 is 0.615 bits per heavy atom. The topological polar surface area (TPSA) is 8.17 Å². The largest absolute Gasteiger partial charge is 0.326 e. The van der Waals surface area contributed by atoms with Crippen LogP contribution < -0.4 is 4.90 Å². The van der Waals surface area contributed by atoms with Crippen LogP contribution in [0.2, 0.25) is 0 Å². The van der Waals surface area contributed by atoms with Gasteiger partial charge in [0.15, 0.2) is 0 Å². The predicted octanol–water partition coefficient (Wildman–Crippen LogP) is 12.6. The predicted molar refractivity (Wildman–Crippen MR) is 220 cm³/mol. The van der Waals surface area contributed by atoms with E-state index in [9.17, 15) is 0 Å². The Hall–Kier alpha value is -6.30. The van der Waals surface area contributed by atoms with Gasteiger partial charge in [0, 0.05) is 32.9 Å². The number of fused-ring (bicyclic) bond motifs is 7. The van der Waals surface area contributed by atoms with Crippen LogP contribution >= 0.6 is 0 Å². The molecule has 2 aliphatic rings. The van der Waals surface area contributed by atoms with E-state index in [0.29, 0.717) is 0 Å². The first kappa shape index (κ1) is 30.5. The van der Waals surface area contributed by atoms with Gasteiger partial charge in [0.2, 0.25) is 0 Å². The normalized spacial score (nSPS) is 15.8. The summed E-state index contributed by atoms with van der Waals surface area (Å²) in [6, 6.07) is 57.6. The minimum Gasteiger partial charge on any atom is -0.326 e. The fourth-order valence-corrected chi connectivity index (χ4v) is 8.96. The highest BCUT2D eigenvalue weighted by Gasteiger charge is 2.37. The third-order valence-corrected chi connectivity index (χ3v) is 11.4. The summed E-state index contributed by atoms with van der Waals surface area (Å²) in [5.41, 5.74) is 14.1. The van der Waals surface area contributed by atoms with Gasteiger partial charge in [-0.3, -0.25) is 0 Å². The lowest BCUT2D eigenvalue weighted by molar-refractivity contribution is 0.660. The van der Waals surface area contributed by atoms with E-state index in [4.69, 9.17) is 0 Å². The number of allylic oxidation sites excluding steroid dienone is 2. The molecule has 0 spiro atoms. The molecule has 0 radical (unpaired) electrons. The fourth-order valence-electron chi connectivity index (χ4n) is 8.96. The zero-order valence-corrected chi connectivity index (χ0v) is 29.5. The van der Waals surface area contributed by atoms with Crippen molar-refractivity contribution in [3.05, 3.63) is 180 Å². The molecule has 0 bridgehead atoms. The van der Waals surface area contributed by atoms with E-state index in [1.807, 2.05) is 0 Å². The molecule has 2 heteroatoms. The van der Waals surface area contributed by atoms with Gasteiger partial charge in [0.25, 0.3) is 0 Å². The molecule has 7 aromatic carbocycles. The van der Waals surface area contributed by atoms with Crippen LogP contribution in [0.1, 0.15) is 43.4 Å². The van der Waals surface area contributed by atoms with Crippen molar-refractivity contribution in [2.75, 3.05) is 4.90 Å². The molecule has 0 saturated carbocycles. The van der Waals surface area contributed by atoms with E-state index in [1.54, 1.807) is 0 Å². The average molecular weight is 667 g/mol. The molecule has 1 heterocycles. The summed E-state index contributed by atoms with van der Waals surface area (Å²) in [7, 11) is 0. The van der Waals surface area contributed by atoms with Gasteiger partial charge in [-0.2, -0.15) is 0 Å². The molecule has 52 heavy (non-hydrogen) atoms. The van der Waals surface area contributed by atoms with Gasteiger partial charge >= 0.3 is 0 Å². The van der Waals surface area contributed by atoms with Crippen molar-refractivity contribution in [2.45, 2.75) is 38.1 Å². The lowest BCUT2D eigenvalue weighted by atomic mass is 9.82. The number of rotatable bonds is 5. The van der Waals surface area contributed by atoms with Crippen LogP contribution in [-0.4, -0.2) is 10.6 Å². The van der Waals surface area contributed by atoms with Crippen molar-refractivity contribution in [3.63, 3.8) is 0 Å². The maximum absolute atomic E-state index is 3.76. The maximum atomic E-state index is 3.76. The van der Waals surface area contributed by atoms with Crippen molar-refractivity contribution in [2.24, 2.45) is 0 Å². The first-order valence-electron chi connectivity index (χ1n) is 18.4. The second-order valence-electron chi connectivity index (χ2n) is 14.7. The summed E-state index contributed by atoms with van der Waals surface area (Å²) in [5.74, 6) is 7.34. The van der Waals surface area contributed by atoms with E-state index in [1.165, 1.54) is 77.3 Å². The van der Waals surface area contributed by atoms with Crippen LogP contribution in [0.3, 0.4) is 0 Å². The van der Waals surface area contributed by atoms with Crippen LogP contribution in [0.4, 0.5) is 11.4 Å². The van der Waals surface area contributed by atoms with Crippen LogP contribution in [0.5, 0.6) is 0 Å². The smallest absolute Gasteiger partial charge is 0.0959 e. The third-order valence-electron chi connectivity index (χ3n) is 11.4. The number of hydrogen-bond acceptors (Lipinski definition) is 1. The molecule has 248 valence electrons. The minimum atomic E-state index is -0.0329. The van der Waals surface area contributed by atoms with Crippen molar-refractivity contribution >= 4 is 49.5 Å². The highest BCUT2D eigenvalue weighted by molar-refractivity contribution is 6.11. The lowest BCUT2D eigenvalue weighted by Crippen LogP contribution is -2.30. The Bertz CT molecular complexity index is 2780. The fraction of sp³-hybridized carbons (Fsp3) is 0.120. The molecule has 0 fully saturated rings. The van der Waals surface area contributed by atoms with Crippen LogP contribution in [0, 0.1) is 11.8 Å². The summed E-state index contributed by atoms with van der Waals surface area (Å²) >= 11 is 0. The van der Waals surface area contributed by atoms with Crippen molar-refractivity contribution < 1.29 is 0 Å². The SMILES string of the molecule is CC1(C)c2ccccc2-c2c(C3=CC#CC(N(c4ccc5c(c4)c4ccccc4n5-c4ccccc4)c4cccc5ccccc45)CC3)cccc21. The monoisotopic (exact) mass is 666 g/mol. The van der Waals surface area contributed by atoms with Crippen LogP contribution in [-0.2, 0) is 5.41 Å². The number of aromatic nitrogens is 1. The molecule has 1 aromatic heterocycles. The molecule has 0 amide bonds. The zero-order chi connectivity index (χ0) is 34.8. The lowest BCUT2D eigenvalue weighted by Gasteiger charge is -2.32. The summed E-state index contributed by atoms with van der Waals surface area (Å²) in [6.45, 7) is 4.71. The summed E-state index contributed by atoms with van der Waals surface area (Å²) in [4.78, 5) is 2.51. The number of nitrogens with zero attached hydrogens (tertiary/aromatic N) is 2. The first-order chi connectivity index (χ1) is 25.6. The second kappa shape index (κ2) is 11.9. The minimum absolute atomic E-state index is 0.0278. The van der Waals surface area contributed by atoms with E-state index in [0.717, 1.165) is 18.5 Å². The number of anilines is 2. The molecule has 1 atom stereocenters. The Morgan fingerprint density at radius 2 is 1.31 bits per heavy atom. The first-order valence-corrected chi connectivity index (χ1v) is 18.4. The van der Waals surface area contributed by atoms with Gasteiger partial charge in [-0.05, 0) is 100 Å². The van der Waals surface area contributed by atoms with Crippen molar-refractivity contribution in [3.8, 4) is 28.7 Å². The maximum Gasteiger partial charge on any atom is 0.0959 e. The standard InChI is InChI=1S/C50H38N2/c1-50(2)44-25-10-8-23-42(44)49-40(24-14-26-45(49)50)35-16-12-20-37(30-29-35)51(46-28-13-17-34-15-6-7-21-39(34)46)38-31-32-48-43(33-38)41-22-9-11-27-47(41)52(48)36-18-4-3-5-19-36/h3-11,13-19,21-28,31-33,37H,29-30H2,1-2H3. The molecule has 10 rings (SSSR count). The van der Waals surface area contributed by atoms with Crippen molar-refractivity contribution in [1.29, 1.82) is 0 Å². The number of hydrogen-bond donors (Lipinski definition) is 0. The summed E-state index contributed by atoms with van der Waals surface area (Å²) in [6.07, 6.45) is 4.02. The summed E-state index contributed by atoms with van der Waals surface area (Å²) in [5, 5.41) is 4.95. The van der Waals surface area contributed by atoms with E-state index >= 15 is 0 Å². The third kappa shape index (κ3) is 4.66. The van der Waals surface area contributed by atoms with Crippen LogP contribution in [0.15, 0.2) is 164 Å². The van der Waals surface area contributed by atoms with Gasteiger partial charge in [0.05, 0.1) is 22.8 Å². The second-order valence-corrected chi connectivity index (χ2v) is 14.7. The van der Waals surface area contributed by atoms with Gasteiger partial charge in [-0.1, -0.05) is 141 Å². The molecular weight excluding hydrogens is 629 g/mol. The van der Waals surface area contributed by atoms with Gasteiger partial charge in [0.1, 0.15) is 0 Å². The molecule has 2 aliphatic carbocycles. The molecule has 0 saturated heterocycles.